The quantitative estimate of drug-likeness (QED) is 0.621. The summed E-state index contributed by atoms with van der Waals surface area (Å²) in [5, 5.41) is 1.07. The van der Waals surface area contributed by atoms with Crippen LogP contribution in [-0.4, -0.2) is 30.5 Å². The van der Waals surface area contributed by atoms with Crippen molar-refractivity contribution in [3.05, 3.63) is 64.0 Å². The van der Waals surface area contributed by atoms with Gasteiger partial charge >= 0.3 is 0 Å². The molecule has 150 valence electrons. The molecule has 1 aliphatic heterocycles. The predicted octanol–water partition coefficient (Wildman–Crippen LogP) is 4.75. The van der Waals surface area contributed by atoms with Gasteiger partial charge in [0.05, 0.1) is 10.9 Å². The third kappa shape index (κ3) is 4.30. The van der Waals surface area contributed by atoms with Crippen molar-refractivity contribution in [2.75, 3.05) is 19.7 Å². The lowest BCUT2D eigenvalue weighted by molar-refractivity contribution is -0.134. The second kappa shape index (κ2) is 8.29. The maximum atomic E-state index is 12.8. The zero-order chi connectivity index (χ0) is 20.4. The van der Waals surface area contributed by atoms with Gasteiger partial charge in [0.15, 0.2) is 12.0 Å². The molecule has 29 heavy (non-hydrogen) atoms. The van der Waals surface area contributed by atoms with Crippen molar-refractivity contribution in [2.24, 2.45) is 5.92 Å². The van der Waals surface area contributed by atoms with E-state index in [9.17, 15) is 9.59 Å². The van der Waals surface area contributed by atoms with Gasteiger partial charge < -0.3 is 14.1 Å². The van der Waals surface area contributed by atoms with Crippen molar-refractivity contribution < 1.29 is 13.9 Å². The first-order valence-corrected chi connectivity index (χ1v) is 10.1. The molecule has 0 atom stereocenters. The van der Waals surface area contributed by atoms with Crippen molar-refractivity contribution >= 4 is 28.5 Å². The average Bonchev–Trinajstić information content (AvgIpc) is 2.73. The lowest BCUT2D eigenvalue weighted by Crippen LogP contribution is -2.40. The van der Waals surface area contributed by atoms with E-state index in [4.69, 9.17) is 20.8 Å². The monoisotopic (exact) mass is 411 g/mol. The number of benzene rings is 2. The van der Waals surface area contributed by atoms with Gasteiger partial charge in [0.25, 0.3) is 5.91 Å². The summed E-state index contributed by atoms with van der Waals surface area (Å²) < 4.78 is 11.3. The number of carbonyl (C=O) groups is 1. The summed E-state index contributed by atoms with van der Waals surface area (Å²) in [4.78, 5) is 27.0. The van der Waals surface area contributed by atoms with Gasteiger partial charge in [0.2, 0.25) is 0 Å². The first-order valence-electron chi connectivity index (χ1n) is 9.73. The maximum Gasteiger partial charge on any atom is 0.260 e. The van der Waals surface area contributed by atoms with Crippen molar-refractivity contribution in [1.82, 2.24) is 4.90 Å². The Balaban J connectivity index is 1.50. The Kier molecular flexibility index (Phi) is 5.58. The normalized spacial score (nSPS) is 14.9. The molecule has 1 aromatic heterocycles. The van der Waals surface area contributed by atoms with E-state index in [0.717, 1.165) is 31.5 Å². The molecule has 0 bridgehead atoms. The van der Waals surface area contributed by atoms with Gasteiger partial charge in [-0.15, -0.1) is 0 Å². The van der Waals surface area contributed by atoms with Gasteiger partial charge in [0, 0.05) is 24.2 Å². The minimum absolute atomic E-state index is 0.0171. The summed E-state index contributed by atoms with van der Waals surface area (Å²) in [6, 6.07) is 12.0. The molecular formula is C23H22ClNO4. The minimum Gasteiger partial charge on any atom is -0.484 e. The van der Waals surface area contributed by atoms with E-state index in [-0.39, 0.29) is 17.9 Å². The van der Waals surface area contributed by atoms with Crippen LogP contribution < -0.4 is 10.2 Å². The molecule has 0 saturated carbocycles. The highest BCUT2D eigenvalue weighted by atomic mass is 35.5. The number of halogens is 1. The average molecular weight is 412 g/mol. The number of ether oxygens (including phenoxy) is 1. The van der Waals surface area contributed by atoms with Crippen LogP contribution in [0.3, 0.4) is 0 Å². The van der Waals surface area contributed by atoms with Gasteiger partial charge in [-0.05, 0) is 48.6 Å². The molecule has 0 spiro atoms. The third-order valence-electron chi connectivity index (χ3n) is 5.40. The van der Waals surface area contributed by atoms with E-state index in [1.54, 1.807) is 42.5 Å². The van der Waals surface area contributed by atoms with Crippen molar-refractivity contribution in [3.63, 3.8) is 0 Å². The van der Waals surface area contributed by atoms with Gasteiger partial charge in [-0.25, -0.2) is 0 Å². The zero-order valence-corrected chi connectivity index (χ0v) is 16.9. The number of carbonyl (C=O) groups excluding carboxylic acids is 1. The van der Waals surface area contributed by atoms with Gasteiger partial charge in [-0.1, -0.05) is 30.7 Å². The topological polar surface area (TPSA) is 59.8 Å². The van der Waals surface area contributed by atoms with E-state index < -0.39 is 0 Å². The second-order valence-corrected chi connectivity index (χ2v) is 7.93. The Hall–Kier alpha value is -2.79. The van der Waals surface area contributed by atoms with E-state index in [1.165, 1.54) is 6.26 Å². The highest BCUT2D eigenvalue weighted by Crippen LogP contribution is 2.24. The number of likely N-dealkylation sites (tertiary alicyclic amines) is 1. The molecule has 1 fully saturated rings. The lowest BCUT2D eigenvalue weighted by atomic mass is 9.99. The number of hydrogen-bond donors (Lipinski definition) is 0. The van der Waals surface area contributed by atoms with Crippen molar-refractivity contribution in [3.8, 4) is 16.9 Å². The number of fused-ring (bicyclic) bond motifs is 1. The van der Waals surface area contributed by atoms with E-state index >= 15 is 0 Å². The molecule has 3 aromatic rings. The van der Waals surface area contributed by atoms with Crippen LogP contribution in [0.4, 0.5) is 0 Å². The third-order valence-corrected chi connectivity index (χ3v) is 5.65. The van der Waals surface area contributed by atoms with Crippen LogP contribution in [0.5, 0.6) is 5.75 Å². The molecule has 0 radical (unpaired) electrons. The van der Waals surface area contributed by atoms with Gasteiger partial charge in [-0.2, -0.15) is 0 Å². The first kappa shape index (κ1) is 19.5. The van der Waals surface area contributed by atoms with Crippen LogP contribution in [0, 0.1) is 5.92 Å². The smallest absolute Gasteiger partial charge is 0.260 e. The molecule has 0 aliphatic carbocycles. The largest absolute Gasteiger partial charge is 0.484 e. The summed E-state index contributed by atoms with van der Waals surface area (Å²) in [7, 11) is 0. The van der Waals surface area contributed by atoms with Crippen LogP contribution in [0.25, 0.3) is 22.1 Å². The van der Waals surface area contributed by atoms with Crippen LogP contribution in [-0.2, 0) is 4.79 Å². The lowest BCUT2D eigenvalue weighted by Gasteiger charge is -2.30. The molecule has 4 rings (SSSR count). The Morgan fingerprint density at radius 3 is 2.62 bits per heavy atom. The van der Waals surface area contributed by atoms with Crippen molar-refractivity contribution in [2.45, 2.75) is 19.8 Å². The first-order chi connectivity index (χ1) is 14.0. The Bertz CT molecular complexity index is 1080. The summed E-state index contributed by atoms with van der Waals surface area (Å²) in [5.41, 5.74) is 1.51. The SMILES string of the molecule is CC1CCN(C(=O)COc2ccc3c(=O)c(-c4ccc(Cl)cc4)coc3c2)CC1. The van der Waals surface area contributed by atoms with Crippen molar-refractivity contribution in [1.29, 1.82) is 0 Å². The fourth-order valence-electron chi connectivity index (χ4n) is 3.52. The molecule has 2 aromatic carbocycles. The summed E-state index contributed by atoms with van der Waals surface area (Å²) in [6.07, 6.45) is 3.50. The minimum atomic E-state index is -0.126. The van der Waals surface area contributed by atoms with Gasteiger partial charge in [0.1, 0.15) is 17.6 Å². The highest BCUT2D eigenvalue weighted by Gasteiger charge is 2.20. The fourth-order valence-corrected chi connectivity index (χ4v) is 3.65. The molecule has 0 N–H and O–H groups in total. The standard InChI is InChI=1S/C23H22ClNO4/c1-15-8-10-25(11-9-15)22(26)14-28-18-6-7-19-21(12-18)29-13-20(23(19)27)16-2-4-17(24)5-3-16/h2-7,12-13,15H,8-11,14H2,1H3. The number of amides is 1. The maximum absolute atomic E-state index is 12.8. The number of hydrogen-bond acceptors (Lipinski definition) is 4. The zero-order valence-electron chi connectivity index (χ0n) is 16.2. The van der Waals surface area contributed by atoms with Gasteiger partial charge in [-0.3, -0.25) is 9.59 Å². The Morgan fingerprint density at radius 1 is 1.17 bits per heavy atom. The molecule has 1 saturated heterocycles. The Morgan fingerprint density at radius 2 is 1.90 bits per heavy atom. The second-order valence-electron chi connectivity index (χ2n) is 7.50. The number of rotatable bonds is 4. The highest BCUT2D eigenvalue weighted by molar-refractivity contribution is 6.30. The number of nitrogens with zero attached hydrogens (tertiary/aromatic N) is 1. The molecule has 0 unspecified atom stereocenters. The van der Waals surface area contributed by atoms with Crippen LogP contribution in [0.2, 0.25) is 5.02 Å². The summed E-state index contributed by atoms with van der Waals surface area (Å²) in [5.74, 6) is 1.15. The fraction of sp³-hybridized carbons (Fsp3) is 0.304. The molecule has 2 heterocycles. The molecular weight excluding hydrogens is 390 g/mol. The van der Waals surface area contributed by atoms with E-state index in [2.05, 4.69) is 6.92 Å². The molecule has 1 aliphatic rings. The van der Waals surface area contributed by atoms with Crippen LogP contribution >= 0.6 is 11.6 Å². The van der Waals surface area contributed by atoms with Crippen LogP contribution in [0.1, 0.15) is 19.8 Å². The predicted molar refractivity (Wildman–Crippen MR) is 113 cm³/mol. The summed E-state index contributed by atoms with van der Waals surface area (Å²) in [6.45, 7) is 3.75. The Labute approximate surface area is 173 Å². The number of piperidine rings is 1. The molecule has 5 nitrogen and oxygen atoms in total. The van der Waals surface area contributed by atoms with Crippen LogP contribution in [0.15, 0.2) is 57.9 Å². The summed E-state index contributed by atoms with van der Waals surface area (Å²) >= 11 is 5.92. The molecule has 6 heteroatoms. The van der Waals surface area contributed by atoms with E-state index in [1.807, 2.05) is 4.90 Å². The van der Waals surface area contributed by atoms with E-state index in [0.29, 0.717) is 33.2 Å². The molecule has 1 amide bonds.